The maximum atomic E-state index is 11.5. The van der Waals surface area contributed by atoms with Gasteiger partial charge in [-0.1, -0.05) is 24.3 Å². The van der Waals surface area contributed by atoms with Gasteiger partial charge in [0.2, 0.25) is 0 Å². The van der Waals surface area contributed by atoms with Gasteiger partial charge in [0.25, 0.3) is 0 Å². The minimum atomic E-state index is -0.712. The summed E-state index contributed by atoms with van der Waals surface area (Å²) in [5.41, 5.74) is 1.06. The van der Waals surface area contributed by atoms with Crippen LogP contribution in [-0.4, -0.2) is 37.7 Å². The maximum Gasteiger partial charge on any atom is 0.341 e. The monoisotopic (exact) mass is 330 g/mol. The Labute approximate surface area is 139 Å². The van der Waals surface area contributed by atoms with Gasteiger partial charge in [0.1, 0.15) is 11.1 Å². The molecule has 0 amide bonds. The SMILES string of the molecule is COC(=O)/C(=C/c1ccc(/C=C(\C(C)=O)C(=O)OC)cc1)C(C)=O. The third kappa shape index (κ3) is 5.01. The molecule has 0 atom stereocenters. The molecular weight excluding hydrogens is 312 g/mol. The van der Waals surface area contributed by atoms with E-state index in [4.69, 9.17) is 0 Å². The van der Waals surface area contributed by atoms with Crippen molar-refractivity contribution in [1.82, 2.24) is 0 Å². The van der Waals surface area contributed by atoms with Crippen LogP contribution >= 0.6 is 0 Å². The summed E-state index contributed by atoms with van der Waals surface area (Å²) in [7, 11) is 2.40. The summed E-state index contributed by atoms with van der Waals surface area (Å²) in [6.07, 6.45) is 2.82. The van der Waals surface area contributed by atoms with Crippen LogP contribution in [0, 0.1) is 0 Å². The Balaban J connectivity index is 3.17. The van der Waals surface area contributed by atoms with E-state index in [2.05, 4.69) is 9.47 Å². The van der Waals surface area contributed by atoms with Crippen LogP contribution < -0.4 is 0 Å². The summed E-state index contributed by atoms with van der Waals surface area (Å²) in [5.74, 6) is -2.24. The van der Waals surface area contributed by atoms with E-state index in [1.54, 1.807) is 24.3 Å². The van der Waals surface area contributed by atoms with Gasteiger partial charge < -0.3 is 9.47 Å². The van der Waals surface area contributed by atoms with Crippen LogP contribution in [0.4, 0.5) is 0 Å². The minimum absolute atomic E-state index is 0.0697. The lowest BCUT2D eigenvalue weighted by Crippen LogP contribution is -2.11. The first-order valence-corrected chi connectivity index (χ1v) is 7.02. The molecular formula is C18H18O6. The fourth-order valence-corrected chi connectivity index (χ4v) is 1.85. The average molecular weight is 330 g/mol. The van der Waals surface area contributed by atoms with E-state index >= 15 is 0 Å². The van der Waals surface area contributed by atoms with Gasteiger partial charge in [-0.15, -0.1) is 0 Å². The largest absolute Gasteiger partial charge is 0.465 e. The lowest BCUT2D eigenvalue weighted by Gasteiger charge is -2.03. The number of methoxy groups -OCH3 is 2. The van der Waals surface area contributed by atoms with E-state index in [9.17, 15) is 19.2 Å². The lowest BCUT2D eigenvalue weighted by atomic mass is 10.0. The summed E-state index contributed by atoms with van der Waals surface area (Å²) in [6, 6.07) is 6.58. The van der Waals surface area contributed by atoms with E-state index in [0.717, 1.165) is 0 Å². The van der Waals surface area contributed by atoms with Gasteiger partial charge in [0.05, 0.1) is 14.2 Å². The van der Waals surface area contributed by atoms with Crippen molar-refractivity contribution in [2.24, 2.45) is 0 Å². The summed E-state index contributed by atoms with van der Waals surface area (Å²) in [6.45, 7) is 2.55. The molecule has 0 heterocycles. The Morgan fingerprint density at radius 1 is 0.708 bits per heavy atom. The van der Waals surface area contributed by atoms with Crippen LogP contribution in [0.1, 0.15) is 25.0 Å². The van der Waals surface area contributed by atoms with E-state index in [1.165, 1.54) is 40.2 Å². The molecule has 0 radical (unpaired) electrons. The van der Waals surface area contributed by atoms with Crippen LogP contribution in [0.5, 0.6) is 0 Å². The lowest BCUT2D eigenvalue weighted by molar-refractivity contribution is -0.138. The van der Waals surface area contributed by atoms with Crippen molar-refractivity contribution in [3.63, 3.8) is 0 Å². The van der Waals surface area contributed by atoms with Gasteiger partial charge in [-0.2, -0.15) is 0 Å². The third-order valence-electron chi connectivity index (χ3n) is 3.13. The molecule has 0 aliphatic rings. The Morgan fingerprint density at radius 3 is 1.21 bits per heavy atom. The van der Waals surface area contributed by atoms with Crippen molar-refractivity contribution in [2.75, 3.05) is 14.2 Å². The van der Waals surface area contributed by atoms with E-state index in [0.29, 0.717) is 11.1 Å². The second-order valence-electron chi connectivity index (χ2n) is 4.88. The Hall–Kier alpha value is -3.02. The zero-order valence-corrected chi connectivity index (χ0v) is 13.9. The van der Waals surface area contributed by atoms with Gasteiger partial charge in [0, 0.05) is 0 Å². The van der Waals surface area contributed by atoms with Crippen LogP contribution in [0.2, 0.25) is 0 Å². The molecule has 0 N–H and O–H groups in total. The van der Waals surface area contributed by atoms with Gasteiger partial charge >= 0.3 is 11.9 Å². The van der Waals surface area contributed by atoms with Crippen molar-refractivity contribution in [3.8, 4) is 0 Å². The first kappa shape index (κ1) is 19.0. The van der Waals surface area contributed by atoms with Gasteiger partial charge in [0.15, 0.2) is 11.6 Å². The number of carbonyl (C=O) groups excluding carboxylic acids is 4. The third-order valence-corrected chi connectivity index (χ3v) is 3.13. The number of carbonyl (C=O) groups is 4. The molecule has 6 nitrogen and oxygen atoms in total. The molecule has 0 fully saturated rings. The Kier molecular flexibility index (Phi) is 6.79. The first-order valence-electron chi connectivity index (χ1n) is 7.02. The molecule has 126 valence electrons. The van der Waals surface area contributed by atoms with Crippen LogP contribution in [-0.2, 0) is 28.7 Å². The molecule has 6 heteroatoms. The molecule has 0 aliphatic carbocycles. The predicted octanol–water partition coefficient (Wildman–Crippen LogP) is 1.98. The molecule has 1 rings (SSSR count). The van der Waals surface area contributed by atoms with Crippen molar-refractivity contribution in [2.45, 2.75) is 13.8 Å². The predicted molar refractivity (Wildman–Crippen MR) is 87.8 cm³/mol. The number of ketones is 2. The van der Waals surface area contributed by atoms with E-state index in [-0.39, 0.29) is 11.1 Å². The molecule has 0 aliphatic heterocycles. The van der Waals surface area contributed by atoms with E-state index in [1.807, 2.05) is 0 Å². The zero-order valence-electron chi connectivity index (χ0n) is 13.9. The number of Topliss-reactive ketones (excluding diaryl/α,β-unsaturated/α-hetero) is 2. The molecule has 0 unspecified atom stereocenters. The number of hydrogen-bond acceptors (Lipinski definition) is 6. The molecule has 24 heavy (non-hydrogen) atoms. The summed E-state index contributed by atoms with van der Waals surface area (Å²) < 4.78 is 9.12. The zero-order chi connectivity index (χ0) is 18.3. The molecule has 0 aromatic heterocycles. The molecule has 0 bridgehead atoms. The van der Waals surface area contributed by atoms with Crippen LogP contribution in [0.15, 0.2) is 35.4 Å². The van der Waals surface area contributed by atoms with Gasteiger partial charge in [-0.3, -0.25) is 9.59 Å². The highest BCUT2D eigenvalue weighted by atomic mass is 16.5. The second-order valence-corrected chi connectivity index (χ2v) is 4.88. The van der Waals surface area contributed by atoms with Gasteiger partial charge in [-0.05, 0) is 37.1 Å². The highest BCUT2D eigenvalue weighted by Crippen LogP contribution is 2.14. The van der Waals surface area contributed by atoms with Crippen LogP contribution in [0.25, 0.3) is 12.2 Å². The number of hydrogen-bond donors (Lipinski definition) is 0. The topological polar surface area (TPSA) is 86.7 Å². The Bertz CT molecular complexity index is 659. The highest BCUT2D eigenvalue weighted by molar-refractivity contribution is 6.20. The van der Waals surface area contributed by atoms with Crippen molar-refractivity contribution >= 4 is 35.7 Å². The van der Waals surface area contributed by atoms with Crippen molar-refractivity contribution in [3.05, 3.63) is 46.5 Å². The second kappa shape index (κ2) is 8.57. The number of rotatable bonds is 6. The number of benzene rings is 1. The summed E-state index contributed by atoms with van der Waals surface area (Å²) >= 11 is 0. The average Bonchev–Trinajstić information content (AvgIpc) is 2.56. The molecule has 0 saturated heterocycles. The smallest absolute Gasteiger partial charge is 0.341 e. The van der Waals surface area contributed by atoms with Crippen molar-refractivity contribution in [1.29, 1.82) is 0 Å². The van der Waals surface area contributed by atoms with Gasteiger partial charge in [-0.25, -0.2) is 9.59 Å². The van der Waals surface area contributed by atoms with E-state index < -0.39 is 23.5 Å². The summed E-state index contributed by atoms with van der Waals surface area (Å²) in [4.78, 5) is 46.0. The molecule has 0 spiro atoms. The minimum Gasteiger partial charge on any atom is -0.465 e. The molecule has 0 saturated carbocycles. The van der Waals surface area contributed by atoms with Crippen molar-refractivity contribution < 1.29 is 28.7 Å². The first-order chi connectivity index (χ1) is 11.3. The fraction of sp³-hybridized carbons (Fsp3) is 0.222. The highest BCUT2D eigenvalue weighted by Gasteiger charge is 2.15. The quantitative estimate of drug-likeness (QED) is 0.343. The molecule has 1 aromatic rings. The standard InChI is InChI=1S/C18H18O6/c1-11(19)15(17(21)23-3)9-13-5-7-14(8-6-13)10-16(12(2)20)18(22)24-4/h5-10H,1-4H3/b15-9+,16-10+. The fourth-order valence-electron chi connectivity index (χ4n) is 1.85. The molecule has 1 aromatic carbocycles. The number of ether oxygens (including phenoxy) is 2. The Morgan fingerprint density at radius 2 is 1.00 bits per heavy atom. The summed E-state index contributed by atoms with van der Waals surface area (Å²) in [5, 5.41) is 0. The maximum absolute atomic E-state index is 11.5. The van der Waals surface area contributed by atoms with Crippen LogP contribution in [0.3, 0.4) is 0 Å². The normalized spacial score (nSPS) is 11.7. The number of esters is 2.